The summed E-state index contributed by atoms with van der Waals surface area (Å²) in [6.07, 6.45) is 0.657. The van der Waals surface area contributed by atoms with Gasteiger partial charge in [-0.15, -0.1) is 0 Å². The second-order valence-corrected chi connectivity index (χ2v) is 7.23. The van der Waals surface area contributed by atoms with Crippen LogP contribution in [-0.2, 0) is 11.2 Å². The number of nitrogens with zero attached hydrogens (tertiary/aromatic N) is 2. The van der Waals surface area contributed by atoms with Crippen LogP contribution in [0.1, 0.15) is 19.4 Å². The van der Waals surface area contributed by atoms with E-state index in [0.29, 0.717) is 6.42 Å². The number of anilines is 1. The average molecular weight is 382 g/mol. The minimum Gasteiger partial charge on any atom is -0.497 e. The molecular weight excluding hydrogens is 360 g/mol. The number of rotatable bonds is 7. The molecule has 7 heteroatoms. The molecule has 0 fully saturated rings. The number of hydrogen-bond acceptors (Lipinski definition) is 6. The summed E-state index contributed by atoms with van der Waals surface area (Å²) in [5, 5.41) is 8.05. The van der Waals surface area contributed by atoms with Crippen LogP contribution < -0.4 is 15.5 Å². The molecule has 3 rings (SSSR count). The number of amides is 1. The highest BCUT2D eigenvalue weighted by molar-refractivity contribution is 7.22. The van der Waals surface area contributed by atoms with Crippen LogP contribution in [0.2, 0.25) is 0 Å². The number of carbonyl (C=O) groups excluding carboxylic acids is 1. The minimum atomic E-state index is -0.442. The lowest BCUT2D eigenvalue weighted by molar-refractivity contribution is -0.121. The molecule has 1 amide bonds. The number of thiazole rings is 1. The SMILES string of the molecule is COc1ccc(C/C(C)=N\NC(=O)[C@H](C)Nc2nc3ccccc3s2)cc1. The highest BCUT2D eigenvalue weighted by Gasteiger charge is 2.14. The first-order chi connectivity index (χ1) is 13.0. The largest absolute Gasteiger partial charge is 0.497 e. The van der Waals surface area contributed by atoms with Crippen molar-refractivity contribution in [2.24, 2.45) is 5.10 Å². The van der Waals surface area contributed by atoms with E-state index < -0.39 is 6.04 Å². The van der Waals surface area contributed by atoms with Crippen molar-refractivity contribution in [2.75, 3.05) is 12.4 Å². The van der Waals surface area contributed by atoms with Crippen LogP contribution in [0.25, 0.3) is 10.2 Å². The third-order valence-corrected chi connectivity index (χ3v) is 4.97. The average Bonchev–Trinajstić information content (AvgIpc) is 3.09. The number of hydrogen-bond donors (Lipinski definition) is 2. The molecule has 0 radical (unpaired) electrons. The Labute approximate surface area is 162 Å². The van der Waals surface area contributed by atoms with Crippen LogP contribution in [0.3, 0.4) is 0 Å². The zero-order valence-electron chi connectivity index (χ0n) is 15.5. The fourth-order valence-electron chi connectivity index (χ4n) is 2.51. The number of nitrogens with one attached hydrogen (secondary N) is 2. The quantitative estimate of drug-likeness (QED) is 0.481. The summed E-state index contributed by atoms with van der Waals surface area (Å²) in [4.78, 5) is 16.8. The van der Waals surface area contributed by atoms with E-state index in [9.17, 15) is 4.79 Å². The van der Waals surface area contributed by atoms with Crippen LogP contribution in [0.15, 0.2) is 53.6 Å². The van der Waals surface area contributed by atoms with E-state index in [0.717, 1.165) is 32.4 Å². The summed E-state index contributed by atoms with van der Waals surface area (Å²) >= 11 is 1.52. The van der Waals surface area contributed by atoms with Crippen molar-refractivity contribution in [3.05, 3.63) is 54.1 Å². The molecule has 140 valence electrons. The van der Waals surface area contributed by atoms with Gasteiger partial charge in [0, 0.05) is 12.1 Å². The van der Waals surface area contributed by atoms with E-state index in [1.807, 2.05) is 55.5 Å². The maximum Gasteiger partial charge on any atom is 0.262 e. The van der Waals surface area contributed by atoms with Gasteiger partial charge in [0.1, 0.15) is 11.8 Å². The molecule has 3 aromatic rings. The first kappa shape index (κ1) is 18.8. The first-order valence-electron chi connectivity index (χ1n) is 8.63. The minimum absolute atomic E-state index is 0.205. The Bertz CT molecular complexity index is 917. The van der Waals surface area contributed by atoms with Crippen LogP contribution >= 0.6 is 11.3 Å². The first-order valence-corrected chi connectivity index (χ1v) is 9.45. The second kappa shape index (κ2) is 8.64. The van der Waals surface area contributed by atoms with E-state index in [4.69, 9.17) is 4.74 Å². The number of ether oxygens (including phenoxy) is 1. The molecular formula is C20H22N4O2S. The Morgan fingerprint density at radius 3 is 2.67 bits per heavy atom. The van der Waals surface area contributed by atoms with Crippen molar-refractivity contribution in [1.29, 1.82) is 0 Å². The molecule has 1 aromatic heterocycles. The van der Waals surface area contributed by atoms with Gasteiger partial charge in [0.2, 0.25) is 0 Å². The Morgan fingerprint density at radius 2 is 1.96 bits per heavy atom. The molecule has 6 nitrogen and oxygen atoms in total. The Balaban J connectivity index is 1.54. The molecule has 1 heterocycles. The number of carbonyl (C=O) groups is 1. The summed E-state index contributed by atoms with van der Waals surface area (Å²) in [6, 6.07) is 15.2. The van der Waals surface area contributed by atoms with Gasteiger partial charge in [-0.1, -0.05) is 35.6 Å². The zero-order valence-corrected chi connectivity index (χ0v) is 16.3. The molecule has 2 N–H and O–H groups in total. The topological polar surface area (TPSA) is 75.6 Å². The fourth-order valence-corrected chi connectivity index (χ4v) is 3.46. The number of aromatic nitrogens is 1. The smallest absolute Gasteiger partial charge is 0.262 e. The predicted octanol–water partition coefficient (Wildman–Crippen LogP) is 3.84. The summed E-state index contributed by atoms with van der Waals surface area (Å²) in [5.41, 5.74) is 5.46. The van der Waals surface area contributed by atoms with Gasteiger partial charge in [0.25, 0.3) is 5.91 Å². The maximum absolute atomic E-state index is 12.3. The van der Waals surface area contributed by atoms with E-state index >= 15 is 0 Å². The molecule has 2 aromatic carbocycles. The molecule has 0 aliphatic heterocycles. The maximum atomic E-state index is 12.3. The Hall–Kier alpha value is -2.93. The van der Waals surface area contributed by atoms with Gasteiger partial charge in [-0.25, -0.2) is 10.4 Å². The predicted molar refractivity (Wildman–Crippen MR) is 111 cm³/mol. The van der Waals surface area contributed by atoms with Crippen LogP contribution in [0.5, 0.6) is 5.75 Å². The number of methoxy groups -OCH3 is 1. The van der Waals surface area contributed by atoms with Crippen molar-refractivity contribution in [3.63, 3.8) is 0 Å². The standard InChI is InChI=1S/C20H22N4O2S/c1-13(12-15-8-10-16(26-3)11-9-15)23-24-19(25)14(2)21-20-22-17-6-4-5-7-18(17)27-20/h4-11,14H,12H2,1-3H3,(H,21,22)(H,24,25)/b23-13-/t14-/m0/s1. The highest BCUT2D eigenvalue weighted by Crippen LogP contribution is 2.25. The Kier molecular flexibility index (Phi) is 6.03. The zero-order chi connectivity index (χ0) is 19.2. The summed E-state index contributed by atoms with van der Waals surface area (Å²) in [5.74, 6) is 0.611. The summed E-state index contributed by atoms with van der Waals surface area (Å²) in [7, 11) is 1.64. The third kappa shape index (κ3) is 5.04. The van der Waals surface area contributed by atoms with Crippen LogP contribution in [0, 0.1) is 0 Å². The van der Waals surface area contributed by atoms with E-state index in [1.165, 1.54) is 11.3 Å². The van der Waals surface area contributed by atoms with Gasteiger partial charge >= 0.3 is 0 Å². The monoisotopic (exact) mass is 382 g/mol. The molecule has 0 aliphatic rings. The molecule has 0 saturated heterocycles. The lowest BCUT2D eigenvalue weighted by Gasteiger charge is -2.11. The molecule has 0 bridgehead atoms. The molecule has 27 heavy (non-hydrogen) atoms. The number of benzene rings is 2. The van der Waals surface area contributed by atoms with E-state index in [2.05, 4.69) is 20.8 Å². The highest BCUT2D eigenvalue weighted by atomic mass is 32.1. The molecule has 0 unspecified atom stereocenters. The van der Waals surface area contributed by atoms with Crippen LogP contribution in [0.4, 0.5) is 5.13 Å². The lowest BCUT2D eigenvalue weighted by Crippen LogP contribution is -2.35. The van der Waals surface area contributed by atoms with Crippen molar-refractivity contribution >= 4 is 38.3 Å². The molecule has 0 saturated carbocycles. The van der Waals surface area contributed by atoms with Gasteiger partial charge < -0.3 is 10.1 Å². The van der Waals surface area contributed by atoms with Crippen molar-refractivity contribution in [2.45, 2.75) is 26.3 Å². The molecule has 0 aliphatic carbocycles. The molecule has 0 spiro atoms. The van der Waals surface area contributed by atoms with Crippen LogP contribution in [-0.4, -0.2) is 29.8 Å². The summed E-state index contributed by atoms with van der Waals surface area (Å²) in [6.45, 7) is 3.67. The van der Waals surface area contributed by atoms with Gasteiger partial charge in [-0.2, -0.15) is 5.10 Å². The second-order valence-electron chi connectivity index (χ2n) is 6.20. The van der Waals surface area contributed by atoms with E-state index in [1.54, 1.807) is 14.0 Å². The van der Waals surface area contributed by atoms with Gasteiger partial charge in [-0.05, 0) is 43.7 Å². The fraction of sp³-hybridized carbons (Fsp3) is 0.250. The number of fused-ring (bicyclic) bond motifs is 1. The van der Waals surface area contributed by atoms with E-state index in [-0.39, 0.29) is 5.91 Å². The van der Waals surface area contributed by atoms with Crippen molar-refractivity contribution in [3.8, 4) is 5.75 Å². The number of para-hydroxylation sites is 1. The lowest BCUT2D eigenvalue weighted by atomic mass is 10.1. The normalized spacial score (nSPS) is 12.6. The number of hydrazone groups is 1. The van der Waals surface area contributed by atoms with Gasteiger partial charge in [0.15, 0.2) is 5.13 Å². The third-order valence-electron chi connectivity index (χ3n) is 4.00. The van der Waals surface area contributed by atoms with Crippen molar-refractivity contribution < 1.29 is 9.53 Å². The molecule has 1 atom stereocenters. The van der Waals surface area contributed by atoms with Gasteiger partial charge in [0.05, 0.1) is 17.3 Å². The Morgan fingerprint density at radius 1 is 1.22 bits per heavy atom. The van der Waals surface area contributed by atoms with Crippen molar-refractivity contribution in [1.82, 2.24) is 10.4 Å². The summed E-state index contributed by atoms with van der Waals surface area (Å²) < 4.78 is 6.23. The van der Waals surface area contributed by atoms with Gasteiger partial charge in [-0.3, -0.25) is 4.79 Å².